The van der Waals surface area contributed by atoms with Crippen LogP contribution in [0, 0.1) is 5.92 Å². The van der Waals surface area contributed by atoms with Crippen molar-refractivity contribution in [3.05, 3.63) is 85.2 Å². The zero-order valence-corrected chi connectivity index (χ0v) is 21.8. The van der Waals surface area contributed by atoms with Crippen molar-refractivity contribution in [2.75, 3.05) is 0 Å². The molecule has 150 valence electrons. The Morgan fingerprint density at radius 2 is 1.48 bits per heavy atom. The van der Waals surface area contributed by atoms with E-state index in [1.807, 2.05) is 0 Å². The molecular formula is C26H28Cl2Zr. The molecule has 4 rings (SSSR count). The molecule has 0 amide bonds. The summed E-state index contributed by atoms with van der Waals surface area (Å²) in [4.78, 5) is 0. The molecule has 2 aliphatic rings. The van der Waals surface area contributed by atoms with Gasteiger partial charge in [0.25, 0.3) is 0 Å². The summed E-state index contributed by atoms with van der Waals surface area (Å²) < 4.78 is 7.19. The van der Waals surface area contributed by atoms with E-state index in [0.717, 1.165) is 0 Å². The van der Waals surface area contributed by atoms with Crippen molar-refractivity contribution in [2.45, 2.75) is 38.2 Å². The van der Waals surface area contributed by atoms with Crippen molar-refractivity contribution in [1.82, 2.24) is 0 Å². The summed E-state index contributed by atoms with van der Waals surface area (Å²) in [5, 5.41) is 0. The van der Waals surface area contributed by atoms with E-state index in [2.05, 4.69) is 89.2 Å². The van der Waals surface area contributed by atoms with Gasteiger partial charge in [-0.3, -0.25) is 0 Å². The smallest absolute Gasteiger partial charge is 1.00 e. The molecule has 0 saturated heterocycles. The van der Waals surface area contributed by atoms with E-state index < -0.39 is 21.3 Å². The van der Waals surface area contributed by atoms with Gasteiger partial charge in [0.15, 0.2) is 0 Å². The molecule has 0 radical (unpaired) electrons. The Kier molecular flexibility index (Phi) is 7.88. The van der Waals surface area contributed by atoms with E-state index in [-0.39, 0.29) is 24.8 Å². The van der Waals surface area contributed by atoms with Gasteiger partial charge in [0.1, 0.15) is 0 Å². The number of rotatable bonds is 3. The molecule has 0 N–H and O–H groups in total. The minimum absolute atomic E-state index is 0. The molecule has 29 heavy (non-hydrogen) atoms. The van der Waals surface area contributed by atoms with E-state index >= 15 is 0 Å². The number of hydrogen-bond donors (Lipinski definition) is 0. The Morgan fingerprint density at radius 1 is 0.828 bits per heavy atom. The van der Waals surface area contributed by atoms with Crippen LogP contribution in [0.3, 0.4) is 0 Å². The Labute approximate surface area is 195 Å². The maximum Gasteiger partial charge on any atom is -1.00 e. The molecule has 0 heterocycles. The summed E-state index contributed by atoms with van der Waals surface area (Å²) in [6, 6.07) is 17.7. The van der Waals surface area contributed by atoms with E-state index in [1.165, 1.54) is 33.4 Å². The van der Waals surface area contributed by atoms with Crippen LogP contribution in [0.1, 0.15) is 49.4 Å². The fraction of sp³-hybridized carbons (Fsp3) is 0.269. The third kappa shape index (κ3) is 3.99. The van der Waals surface area contributed by atoms with Crippen LogP contribution in [0.4, 0.5) is 0 Å². The van der Waals surface area contributed by atoms with Gasteiger partial charge in [0.2, 0.25) is 0 Å². The van der Waals surface area contributed by atoms with Crippen LogP contribution in [0.25, 0.3) is 17.2 Å². The van der Waals surface area contributed by atoms with Gasteiger partial charge in [-0.15, -0.1) is 0 Å². The van der Waals surface area contributed by atoms with Gasteiger partial charge in [-0.25, -0.2) is 0 Å². The molecule has 0 aliphatic heterocycles. The summed E-state index contributed by atoms with van der Waals surface area (Å²) in [7, 11) is 0. The monoisotopic (exact) mass is 500 g/mol. The predicted octanol–water partition coefficient (Wildman–Crippen LogP) is 1.13. The minimum Gasteiger partial charge on any atom is -1.00 e. The molecule has 2 atom stereocenters. The Morgan fingerprint density at radius 3 is 2.07 bits per heavy atom. The Bertz CT molecular complexity index is 1040. The van der Waals surface area contributed by atoms with Crippen LogP contribution < -0.4 is 24.8 Å². The van der Waals surface area contributed by atoms with Gasteiger partial charge < -0.3 is 24.8 Å². The topological polar surface area (TPSA) is 0 Å². The van der Waals surface area contributed by atoms with E-state index in [1.54, 1.807) is 14.4 Å². The maximum absolute atomic E-state index is 4.89. The van der Waals surface area contributed by atoms with Crippen LogP contribution in [-0.2, 0) is 21.3 Å². The molecule has 0 fully saturated rings. The van der Waals surface area contributed by atoms with Crippen molar-refractivity contribution >= 4 is 10.3 Å². The number of allylic oxidation sites excluding steroid dienone is 5. The SMILES string of the molecule is [CH2]=[Zr+2]([C]1=C(C)C(C)=C(C)C1C)[CH]1C(C)=Cc2c(-c3ccccc3)cccc21.[Cl-].[Cl-]. The first kappa shape index (κ1) is 24.3. The standard InChI is InChI=1S/C16H13.C9H13.CH2.2ClH.Zr/c1-12-10-14-8-5-9-15(16(14)11-12)13-6-3-2-4-7-13;1-6-5-7(2)9(4)8(6)3;;;;/h2-11H,1H3;6H,1-4H3;1H2;2*1H;/q;;;;;+2/p-2. The molecular weight excluding hydrogens is 474 g/mol. The summed E-state index contributed by atoms with van der Waals surface area (Å²) in [5.74, 6) is 0.589. The van der Waals surface area contributed by atoms with E-state index in [0.29, 0.717) is 9.54 Å². The number of hydrogen-bond acceptors (Lipinski definition) is 0. The van der Waals surface area contributed by atoms with Gasteiger partial charge >= 0.3 is 172 Å². The third-order valence-corrected chi connectivity index (χ3v) is 14.0. The van der Waals surface area contributed by atoms with Gasteiger partial charge in [-0.1, -0.05) is 0 Å². The maximum atomic E-state index is 4.89. The second-order valence-corrected chi connectivity index (χ2v) is 13.4. The molecule has 0 bridgehead atoms. The molecule has 0 aromatic heterocycles. The quantitative estimate of drug-likeness (QED) is 0.591. The van der Waals surface area contributed by atoms with Crippen molar-refractivity contribution in [3.63, 3.8) is 0 Å². The third-order valence-electron chi connectivity index (χ3n) is 6.70. The van der Waals surface area contributed by atoms with Crippen molar-refractivity contribution in [2.24, 2.45) is 5.92 Å². The normalized spacial score (nSPS) is 19.8. The Balaban J connectivity index is 0.00000150. The second kappa shape index (κ2) is 9.42. The van der Waals surface area contributed by atoms with Crippen LogP contribution in [-0.4, -0.2) is 4.21 Å². The van der Waals surface area contributed by atoms with Gasteiger partial charge in [0.05, 0.1) is 0 Å². The minimum atomic E-state index is -2.08. The zero-order valence-electron chi connectivity index (χ0n) is 17.8. The van der Waals surface area contributed by atoms with E-state index in [9.17, 15) is 0 Å². The average Bonchev–Trinajstić information content (AvgIpc) is 3.11. The molecule has 2 aromatic rings. The molecule has 0 nitrogen and oxygen atoms in total. The average molecular weight is 503 g/mol. The Hall–Kier alpha value is -1.01. The van der Waals surface area contributed by atoms with Gasteiger partial charge in [-0.05, 0) is 0 Å². The molecule has 2 unspecified atom stereocenters. The largest absolute Gasteiger partial charge is 1.00 e. The summed E-state index contributed by atoms with van der Waals surface area (Å²) in [5.41, 5.74) is 11.8. The van der Waals surface area contributed by atoms with Crippen molar-refractivity contribution < 1.29 is 46.1 Å². The van der Waals surface area contributed by atoms with Crippen LogP contribution >= 0.6 is 0 Å². The fourth-order valence-electron chi connectivity index (χ4n) is 4.92. The first-order valence-corrected chi connectivity index (χ1v) is 14.2. The number of benzene rings is 2. The van der Waals surface area contributed by atoms with E-state index in [4.69, 9.17) is 4.21 Å². The van der Waals surface area contributed by atoms with Crippen molar-refractivity contribution in [3.8, 4) is 11.1 Å². The fourth-order valence-corrected chi connectivity index (χ4v) is 12.3. The first-order valence-electron chi connectivity index (χ1n) is 9.86. The first-order chi connectivity index (χ1) is 12.9. The molecule has 0 spiro atoms. The summed E-state index contributed by atoms with van der Waals surface area (Å²) in [6.07, 6.45) is 2.44. The van der Waals surface area contributed by atoms with Crippen LogP contribution in [0.2, 0.25) is 0 Å². The van der Waals surface area contributed by atoms with Crippen LogP contribution in [0.15, 0.2) is 74.1 Å². The molecule has 2 aromatic carbocycles. The second-order valence-electron chi connectivity index (χ2n) is 8.09. The summed E-state index contributed by atoms with van der Waals surface area (Å²) in [6.45, 7) is 11.7. The van der Waals surface area contributed by atoms with Crippen molar-refractivity contribution in [1.29, 1.82) is 0 Å². The van der Waals surface area contributed by atoms with Gasteiger partial charge in [-0.2, -0.15) is 0 Å². The molecule has 0 saturated carbocycles. The molecule has 3 heteroatoms. The van der Waals surface area contributed by atoms with Gasteiger partial charge in [0, 0.05) is 0 Å². The molecule has 2 aliphatic carbocycles. The predicted molar refractivity (Wildman–Crippen MR) is 116 cm³/mol. The number of fused-ring (bicyclic) bond motifs is 1. The van der Waals surface area contributed by atoms with Crippen LogP contribution in [0.5, 0.6) is 0 Å². The summed E-state index contributed by atoms with van der Waals surface area (Å²) >= 11 is -2.08. The zero-order chi connectivity index (χ0) is 19.3. The number of halogens is 2.